The average Bonchev–Trinajstić information content (AvgIpc) is 3.06. The third kappa shape index (κ3) is 2.91. The predicted molar refractivity (Wildman–Crippen MR) is 79.6 cm³/mol. The summed E-state index contributed by atoms with van der Waals surface area (Å²) in [4.78, 5) is 12.0. The Kier molecular flexibility index (Phi) is 3.90. The number of ether oxygens (including phenoxy) is 1. The number of methoxy groups -OCH3 is 1. The topological polar surface area (TPSA) is 67.0 Å². The van der Waals surface area contributed by atoms with Crippen LogP contribution in [-0.4, -0.2) is 29.8 Å². The molecule has 0 bridgehead atoms. The number of hydrogen-bond donors (Lipinski definition) is 2. The van der Waals surface area contributed by atoms with Crippen molar-refractivity contribution in [3.05, 3.63) is 47.3 Å². The van der Waals surface area contributed by atoms with Crippen molar-refractivity contribution in [2.75, 3.05) is 13.7 Å². The number of carbonyl (C=O) groups excluding carboxylic acids is 1. The standard InChI is InChI=1S/C16H19N3O2/c1-21-13-5-6-14-11(9-13)3-2-4-12(14)10-17-16(20)15-7-8-18-19-15/h5-9,12H,2-4,10H2,1H3,(H,17,20)(H,18,19)/t12-/m0/s1. The third-order valence-electron chi connectivity index (χ3n) is 4.04. The molecule has 0 spiro atoms. The van der Waals surface area contributed by atoms with Crippen LogP contribution in [0, 0.1) is 0 Å². The van der Waals surface area contributed by atoms with Crippen molar-refractivity contribution in [3.8, 4) is 5.75 Å². The van der Waals surface area contributed by atoms with Crippen LogP contribution in [0.25, 0.3) is 0 Å². The number of aryl methyl sites for hydroxylation is 1. The number of aromatic nitrogens is 2. The van der Waals surface area contributed by atoms with Gasteiger partial charge in [0.2, 0.25) is 0 Å². The zero-order chi connectivity index (χ0) is 14.7. The van der Waals surface area contributed by atoms with Gasteiger partial charge in [-0.05, 0) is 48.6 Å². The van der Waals surface area contributed by atoms with Crippen LogP contribution >= 0.6 is 0 Å². The van der Waals surface area contributed by atoms with E-state index in [2.05, 4.69) is 27.6 Å². The normalized spacial score (nSPS) is 17.1. The van der Waals surface area contributed by atoms with Gasteiger partial charge in [-0.2, -0.15) is 5.10 Å². The molecule has 5 heteroatoms. The number of nitrogens with zero attached hydrogens (tertiary/aromatic N) is 1. The van der Waals surface area contributed by atoms with Crippen LogP contribution < -0.4 is 10.1 Å². The van der Waals surface area contributed by atoms with Crippen molar-refractivity contribution in [2.45, 2.75) is 25.2 Å². The maximum atomic E-state index is 12.0. The Balaban J connectivity index is 1.69. The maximum absolute atomic E-state index is 12.0. The van der Waals surface area contributed by atoms with Crippen molar-refractivity contribution in [2.24, 2.45) is 0 Å². The molecule has 3 rings (SSSR count). The van der Waals surface area contributed by atoms with Crippen molar-refractivity contribution in [3.63, 3.8) is 0 Å². The van der Waals surface area contributed by atoms with E-state index in [0.29, 0.717) is 18.2 Å². The summed E-state index contributed by atoms with van der Waals surface area (Å²) in [6.07, 6.45) is 4.90. The Hall–Kier alpha value is -2.30. The summed E-state index contributed by atoms with van der Waals surface area (Å²) < 4.78 is 5.28. The van der Waals surface area contributed by atoms with Gasteiger partial charge in [0, 0.05) is 18.7 Å². The van der Waals surface area contributed by atoms with Gasteiger partial charge in [-0.25, -0.2) is 0 Å². The molecule has 21 heavy (non-hydrogen) atoms. The highest BCUT2D eigenvalue weighted by Gasteiger charge is 2.21. The second-order valence-electron chi connectivity index (χ2n) is 5.33. The van der Waals surface area contributed by atoms with Crippen molar-refractivity contribution >= 4 is 5.91 Å². The van der Waals surface area contributed by atoms with Crippen LogP contribution in [0.1, 0.15) is 40.4 Å². The molecule has 0 unspecified atom stereocenters. The Bertz CT molecular complexity index is 622. The fourth-order valence-electron chi connectivity index (χ4n) is 2.92. The molecular formula is C16H19N3O2. The first-order valence-corrected chi connectivity index (χ1v) is 7.22. The van der Waals surface area contributed by atoms with Gasteiger partial charge in [0.25, 0.3) is 5.91 Å². The summed E-state index contributed by atoms with van der Waals surface area (Å²) in [6.45, 7) is 0.650. The van der Waals surface area contributed by atoms with E-state index in [-0.39, 0.29) is 5.91 Å². The van der Waals surface area contributed by atoms with Gasteiger partial charge >= 0.3 is 0 Å². The van der Waals surface area contributed by atoms with E-state index in [0.717, 1.165) is 25.0 Å². The van der Waals surface area contributed by atoms with Crippen LogP contribution in [-0.2, 0) is 6.42 Å². The lowest BCUT2D eigenvalue weighted by atomic mass is 9.82. The smallest absolute Gasteiger partial charge is 0.269 e. The van der Waals surface area contributed by atoms with E-state index >= 15 is 0 Å². The minimum absolute atomic E-state index is 0.104. The molecule has 1 heterocycles. The maximum Gasteiger partial charge on any atom is 0.269 e. The number of nitrogens with one attached hydrogen (secondary N) is 2. The summed E-state index contributed by atoms with van der Waals surface area (Å²) in [5.74, 6) is 1.16. The molecular weight excluding hydrogens is 266 g/mol. The molecule has 1 aliphatic carbocycles. The fraction of sp³-hybridized carbons (Fsp3) is 0.375. The number of aromatic amines is 1. The molecule has 0 aliphatic heterocycles. The molecule has 1 atom stereocenters. The number of fused-ring (bicyclic) bond motifs is 1. The van der Waals surface area contributed by atoms with Gasteiger partial charge in [0.15, 0.2) is 0 Å². The molecule has 110 valence electrons. The number of amides is 1. The van der Waals surface area contributed by atoms with Gasteiger partial charge in [-0.15, -0.1) is 0 Å². The predicted octanol–water partition coefficient (Wildman–Crippen LogP) is 2.27. The van der Waals surface area contributed by atoms with Gasteiger partial charge in [0.05, 0.1) is 7.11 Å². The summed E-state index contributed by atoms with van der Waals surface area (Å²) in [5.41, 5.74) is 3.16. The van der Waals surface area contributed by atoms with Gasteiger partial charge in [-0.1, -0.05) is 6.07 Å². The van der Waals surface area contributed by atoms with E-state index in [1.54, 1.807) is 19.4 Å². The molecule has 0 saturated carbocycles. The fourth-order valence-corrected chi connectivity index (χ4v) is 2.92. The molecule has 2 aromatic rings. The Labute approximate surface area is 123 Å². The van der Waals surface area contributed by atoms with Crippen molar-refractivity contribution in [1.29, 1.82) is 0 Å². The lowest BCUT2D eigenvalue weighted by Gasteiger charge is -2.26. The van der Waals surface area contributed by atoms with E-state index in [1.165, 1.54) is 11.1 Å². The highest BCUT2D eigenvalue weighted by atomic mass is 16.5. The van der Waals surface area contributed by atoms with Gasteiger partial charge < -0.3 is 10.1 Å². The first kappa shape index (κ1) is 13.7. The number of benzene rings is 1. The number of hydrogen-bond acceptors (Lipinski definition) is 3. The lowest BCUT2D eigenvalue weighted by Crippen LogP contribution is -2.30. The lowest BCUT2D eigenvalue weighted by molar-refractivity contribution is 0.0945. The van der Waals surface area contributed by atoms with Gasteiger partial charge in [0.1, 0.15) is 11.4 Å². The van der Waals surface area contributed by atoms with Gasteiger partial charge in [-0.3, -0.25) is 9.89 Å². The van der Waals surface area contributed by atoms with Crippen molar-refractivity contribution in [1.82, 2.24) is 15.5 Å². The monoisotopic (exact) mass is 285 g/mol. The molecule has 1 aromatic carbocycles. The van der Waals surface area contributed by atoms with E-state index < -0.39 is 0 Å². The molecule has 1 aliphatic rings. The second kappa shape index (κ2) is 5.99. The third-order valence-corrected chi connectivity index (χ3v) is 4.04. The molecule has 2 N–H and O–H groups in total. The Morgan fingerprint density at radius 1 is 1.48 bits per heavy atom. The van der Waals surface area contributed by atoms with E-state index in [1.807, 2.05) is 6.07 Å². The number of rotatable bonds is 4. The zero-order valence-corrected chi connectivity index (χ0v) is 12.1. The SMILES string of the molecule is COc1ccc2c(c1)CCC[C@H]2CNC(=O)c1ccn[nH]1. The van der Waals surface area contributed by atoms with Crippen LogP contribution in [0.3, 0.4) is 0 Å². The first-order valence-electron chi connectivity index (χ1n) is 7.22. The highest BCUT2D eigenvalue weighted by Crippen LogP contribution is 2.33. The Morgan fingerprint density at radius 2 is 2.38 bits per heavy atom. The van der Waals surface area contributed by atoms with Crippen LogP contribution in [0.15, 0.2) is 30.5 Å². The Morgan fingerprint density at radius 3 is 3.14 bits per heavy atom. The highest BCUT2D eigenvalue weighted by molar-refractivity contribution is 5.92. The van der Waals surface area contributed by atoms with Crippen LogP contribution in [0.2, 0.25) is 0 Å². The average molecular weight is 285 g/mol. The number of H-pyrrole nitrogens is 1. The second-order valence-corrected chi connectivity index (χ2v) is 5.33. The molecule has 1 amide bonds. The molecule has 0 radical (unpaired) electrons. The van der Waals surface area contributed by atoms with E-state index in [4.69, 9.17) is 4.74 Å². The molecule has 0 fully saturated rings. The van der Waals surface area contributed by atoms with Crippen molar-refractivity contribution < 1.29 is 9.53 Å². The summed E-state index contributed by atoms with van der Waals surface area (Å²) >= 11 is 0. The summed E-state index contributed by atoms with van der Waals surface area (Å²) in [6, 6.07) is 7.90. The zero-order valence-electron chi connectivity index (χ0n) is 12.1. The minimum atomic E-state index is -0.104. The summed E-state index contributed by atoms with van der Waals surface area (Å²) in [7, 11) is 1.69. The molecule has 0 saturated heterocycles. The quantitative estimate of drug-likeness (QED) is 0.905. The molecule has 5 nitrogen and oxygen atoms in total. The minimum Gasteiger partial charge on any atom is -0.497 e. The van der Waals surface area contributed by atoms with Crippen LogP contribution in [0.4, 0.5) is 0 Å². The number of carbonyl (C=O) groups is 1. The largest absolute Gasteiger partial charge is 0.497 e. The summed E-state index contributed by atoms with van der Waals surface area (Å²) in [5, 5.41) is 9.46. The van der Waals surface area contributed by atoms with E-state index in [9.17, 15) is 4.79 Å². The first-order chi connectivity index (χ1) is 10.3. The van der Waals surface area contributed by atoms with Crippen LogP contribution in [0.5, 0.6) is 5.75 Å². The molecule has 1 aromatic heterocycles.